The van der Waals surface area contributed by atoms with Gasteiger partial charge in [-0.3, -0.25) is 38.5 Å². The summed E-state index contributed by atoms with van der Waals surface area (Å²) >= 11 is 12.8. The van der Waals surface area contributed by atoms with E-state index in [1.807, 2.05) is 60.7 Å². The van der Waals surface area contributed by atoms with Crippen LogP contribution in [0.1, 0.15) is 81.0 Å². The van der Waals surface area contributed by atoms with Gasteiger partial charge in [-0.25, -0.2) is 23.7 Å². The van der Waals surface area contributed by atoms with E-state index in [9.17, 15) is 28.0 Å². The van der Waals surface area contributed by atoms with Crippen LogP contribution in [0.15, 0.2) is 197 Å². The number of pyridine rings is 4. The molecular weight excluding hydrogens is 1140 g/mol. The van der Waals surface area contributed by atoms with E-state index >= 15 is 0 Å². The molecule has 0 atom stereocenters. The van der Waals surface area contributed by atoms with Crippen LogP contribution in [0.3, 0.4) is 0 Å². The maximum absolute atomic E-state index is 13.5. The van der Waals surface area contributed by atoms with Gasteiger partial charge in [-0.15, -0.1) is 12.4 Å². The highest BCUT2D eigenvalue weighted by molar-refractivity contribution is 6.34. The second-order valence-corrected chi connectivity index (χ2v) is 20.2. The lowest BCUT2D eigenvalue weighted by Crippen LogP contribution is -2.23. The molecule has 0 amide bonds. The minimum atomic E-state index is -0.503. The Balaban J connectivity index is 0.000000194. The Labute approximate surface area is 494 Å². The van der Waals surface area contributed by atoms with Gasteiger partial charge < -0.3 is 15.2 Å². The second-order valence-electron chi connectivity index (χ2n) is 19.4. The van der Waals surface area contributed by atoms with Gasteiger partial charge in [0.2, 0.25) is 10.9 Å². The van der Waals surface area contributed by atoms with Crippen LogP contribution in [0.5, 0.6) is 23.0 Å². The highest BCUT2D eigenvalue weighted by atomic mass is 35.5. The molecule has 0 saturated heterocycles. The monoisotopic (exact) mass is 1180 g/mol. The molecule has 0 radical (unpaired) electrons. The van der Waals surface area contributed by atoms with Gasteiger partial charge >= 0.3 is 0 Å². The number of nitrogens with two attached hydrogens (primary N) is 1. The number of Topliss-reactive ketones (excluding diaryl/α,β-unsaturated/α-hetero) is 2. The van der Waals surface area contributed by atoms with E-state index in [1.54, 1.807) is 52.0 Å². The molecule has 16 nitrogen and oxygen atoms in total. The van der Waals surface area contributed by atoms with Crippen molar-refractivity contribution in [1.82, 2.24) is 39.5 Å². The van der Waals surface area contributed by atoms with Gasteiger partial charge in [0.15, 0.2) is 28.9 Å². The molecule has 2 aliphatic carbocycles. The van der Waals surface area contributed by atoms with E-state index in [-0.39, 0.29) is 81.5 Å². The lowest BCUT2D eigenvalue weighted by atomic mass is 10.0. The van der Waals surface area contributed by atoms with Crippen molar-refractivity contribution in [3.63, 3.8) is 0 Å². The number of ether oxygens (including phenoxy) is 2. The van der Waals surface area contributed by atoms with Crippen LogP contribution in [0.25, 0.3) is 22.5 Å². The molecule has 0 spiro atoms. The summed E-state index contributed by atoms with van der Waals surface area (Å²) in [5.74, 6) is 0.262. The summed E-state index contributed by atoms with van der Waals surface area (Å²) < 4.78 is 42.0. The van der Waals surface area contributed by atoms with Crippen molar-refractivity contribution >= 4 is 64.5 Å². The van der Waals surface area contributed by atoms with Gasteiger partial charge in [0.1, 0.15) is 50.4 Å². The Kier molecular flexibility index (Phi) is 17.6. The van der Waals surface area contributed by atoms with Crippen LogP contribution < -0.4 is 26.1 Å². The van der Waals surface area contributed by atoms with E-state index in [0.717, 1.165) is 36.8 Å². The number of ketones is 2. The molecule has 0 aliphatic heterocycles. The van der Waals surface area contributed by atoms with E-state index in [0.29, 0.717) is 57.0 Å². The van der Waals surface area contributed by atoms with Crippen LogP contribution in [-0.4, -0.2) is 56.8 Å². The fourth-order valence-corrected chi connectivity index (χ4v) is 9.01. The molecule has 21 heteroatoms. The topological polar surface area (TPSA) is 212 Å². The maximum Gasteiger partial charge on any atom is 0.218 e. The zero-order valence-corrected chi connectivity index (χ0v) is 46.5. The molecule has 0 unspecified atom stereocenters. The predicted octanol–water partition coefficient (Wildman–Crippen LogP) is 13.3. The zero-order valence-electron chi connectivity index (χ0n) is 44.2. The summed E-state index contributed by atoms with van der Waals surface area (Å²) in [5, 5.41) is 9.30. The van der Waals surface area contributed by atoms with Gasteiger partial charge in [-0.1, -0.05) is 83.9 Å². The molecule has 0 bridgehead atoms. The number of aromatic nitrogens is 8. The highest BCUT2D eigenvalue weighted by Gasteiger charge is 2.29. The molecular formula is C63H47Cl3F2N10O6. The maximum atomic E-state index is 13.5. The van der Waals surface area contributed by atoms with Crippen molar-refractivity contribution in [2.45, 2.75) is 50.6 Å². The van der Waals surface area contributed by atoms with Crippen molar-refractivity contribution in [2.24, 2.45) is 4.99 Å². The molecule has 6 aromatic heterocycles. The van der Waals surface area contributed by atoms with Crippen molar-refractivity contribution < 1.29 is 27.8 Å². The van der Waals surface area contributed by atoms with Gasteiger partial charge in [0.25, 0.3) is 0 Å². The largest absolute Gasteiger partial charge is 0.454 e. The standard InChI is InChI=1S/C38H27ClFN5O3.C25H19ClFN5O3.ClH/c39-34-33(19-20-41-38(34)43-35(24-7-3-1-4-8-24)25-9-5-2-6-10-25)48-30-18-15-28(42-22-30)21-32(46)31-23-45(29-16-17-29)44-36(37(31)47)26-11-13-27(40)14-12-26;26-22-21(9-10-29-25(22)28)35-18-8-5-16(30-12-18)11-20(33)19-13-32(17-6-7-17)31-23(24(19)34)14-1-3-15(27)4-2-14;/h1-15,18-20,22-23,29H,16-17,21H2;1-5,8-10,12-13,17H,6-7,11H2,(H2,28,29);1H. The third-order valence-corrected chi connectivity index (χ3v) is 14.0. The average Bonchev–Trinajstić information content (AvgIpc) is 3.93. The number of carbonyl (C=O) groups is 2. The Morgan fingerprint density at radius 3 is 1.40 bits per heavy atom. The SMILES string of the molecule is Cl.Nc1nccc(Oc2ccc(CC(=O)c3cn(C4CC4)nc(-c4ccc(F)cc4)c3=O)nc2)c1Cl.O=C(Cc1ccc(Oc2ccnc(N=C(c3ccccc3)c3ccccc3)c2Cl)cn1)c1cn(C2CC2)nc(-c2ccc(F)cc2)c1=O. The smallest absolute Gasteiger partial charge is 0.218 e. The summed E-state index contributed by atoms with van der Waals surface area (Å²) in [6.07, 6.45) is 12.5. The Bertz CT molecular complexity index is 4150. The lowest BCUT2D eigenvalue weighted by molar-refractivity contribution is 0.0981. The number of anilines is 1. The molecule has 2 aliphatic rings. The number of carbonyl (C=O) groups excluding carboxylic acids is 2. The predicted molar refractivity (Wildman–Crippen MR) is 317 cm³/mol. The van der Waals surface area contributed by atoms with Gasteiger partial charge in [-0.05, 0) is 98.5 Å². The van der Waals surface area contributed by atoms with E-state index < -0.39 is 28.3 Å². The minimum absolute atomic E-state index is 0. The first-order valence-corrected chi connectivity index (χ1v) is 26.9. The van der Waals surface area contributed by atoms with E-state index in [4.69, 9.17) is 43.4 Å². The molecule has 84 heavy (non-hydrogen) atoms. The number of hydrogen-bond donors (Lipinski definition) is 1. The number of benzene rings is 4. The van der Waals surface area contributed by atoms with Crippen LogP contribution >= 0.6 is 35.6 Å². The Morgan fingerprint density at radius 1 is 0.560 bits per heavy atom. The first-order chi connectivity index (χ1) is 40.3. The molecule has 420 valence electrons. The van der Waals surface area contributed by atoms with Crippen molar-refractivity contribution in [3.05, 3.63) is 259 Å². The first-order valence-electron chi connectivity index (χ1n) is 26.2. The van der Waals surface area contributed by atoms with Crippen LogP contribution in [0.4, 0.5) is 20.4 Å². The normalized spacial score (nSPS) is 12.5. The third-order valence-electron chi connectivity index (χ3n) is 13.3. The van der Waals surface area contributed by atoms with E-state index in [2.05, 4.69) is 30.1 Å². The average molecular weight is 1180 g/mol. The van der Waals surface area contributed by atoms with Gasteiger partial charge in [0.05, 0.1) is 54.2 Å². The zero-order chi connectivity index (χ0) is 57.6. The quantitative estimate of drug-likeness (QED) is 0.0665. The number of nitrogen functional groups attached to an aromatic ring is 1. The molecule has 2 saturated carbocycles. The molecule has 6 heterocycles. The van der Waals surface area contributed by atoms with Crippen molar-refractivity contribution in [3.8, 4) is 45.5 Å². The Morgan fingerprint density at radius 2 is 0.988 bits per heavy atom. The van der Waals surface area contributed by atoms with Gasteiger partial charge in [-0.2, -0.15) is 10.2 Å². The Hall–Kier alpha value is -9.62. The van der Waals surface area contributed by atoms with Crippen LogP contribution in [0.2, 0.25) is 10.0 Å². The number of hydrogen-bond acceptors (Lipinski definition) is 14. The highest BCUT2D eigenvalue weighted by Crippen LogP contribution is 2.38. The van der Waals surface area contributed by atoms with Gasteiger partial charge in [0, 0.05) is 70.6 Å². The molecule has 4 aromatic carbocycles. The second kappa shape index (κ2) is 25.7. The molecule has 12 rings (SSSR count). The molecule has 10 aromatic rings. The number of aliphatic imine (C=N–C) groups is 1. The van der Waals surface area contributed by atoms with Crippen molar-refractivity contribution in [1.29, 1.82) is 0 Å². The van der Waals surface area contributed by atoms with Crippen molar-refractivity contribution in [2.75, 3.05) is 5.73 Å². The summed E-state index contributed by atoms with van der Waals surface area (Å²) in [6, 6.07) is 40.6. The first kappa shape index (κ1) is 57.6. The van der Waals surface area contributed by atoms with E-state index in [1.165, 1.54) is 79.5 Å². The molecule has 2 fully saturated rings. The summed E-state index contributed by atoms with van der Waals surface area (Å²) in [4.78, 5) is 74.8. The number of halogens is 5. The number of rotatable bonds is 17. The summed E-state index contributed by atoms with van der Waals surface area (Å²) in [7, 11) is 0. The fraction of sp³-hybridized carbons (Fsp3) is 0.127. The lowest BCUT2D eigenvalue weighted by Gasteiger charge is -2.11. The fourth-order valence-electron chi connectivity index (χ4n) is 8.67. The molecule has 2 N–H and O–H groups in total. The summed E-state index contributed by atoms with van der Waals surface area (Å²) in [6.45, 7) is 0. The minimum Gasteiger partial charge on any atom is -0.454 e. The summed E-state index contributed by atoms with van der Waals surface area (Å²) in [5.41, 5.74) is 9.29. The van der Waals surface area contributed by atoms with Crippen LogP contribution in [-0.2, 0) is 12.8 Å². The number of nitrogens with zero attached hydrogens (tertiary/aromatic N) is 9. The van der Waals surface area contributed by atoms with Crippen LogP contribution in [0, 0.1) is 11.6 Å². The third kappa shape index (κ3) is 13.6.